The van der Waals surface area contributed by atoms with Crippen LogP contribution >= 0.6 is 12.4 Å². The zero-order valence-corrected chi connectivity index (χ0v) is 15.2. The quantitative estimate of drug-likeness (QED) is 0.714. The van der Waals surface area contributed by atoms with Crippen LogP contribution in [-0.4, -0.2) is 35.7 Å². The highest BCUT2D eigenvalue weighted by Gasteiger charge is 2.18. The number of aromatic nitrogens is 2. The van der Waals surface area contributed by atoms with Gasteiger partial charge in [-0.05, 0) is 25.1 Å². The molecule has 0 radical (unpaired) electrons. The van der Waals surface area contributed by atoms with E-state index >= 15 is 0 Å². The van der Waals surface area contributed by atoms with Crippen molar-refractivity contribution in [3.05, 3.63) is 35.7 Å². The number of amides is 1. The van der Waals surface area contributed by atoms with E-state index in [-0.39, 0.29) is 24.2 Å². The van der Waals surface area contributed by atoms with Crippen molar-refractivity contribution < 1.29 is 9.32 Å². The standard InChI is InChI=1S/C17H24N4O2.ClH/c1-4-9-18-10-11-19-16(22)13-7-5-6-8-14(13)17-20-15(12(2)3)21-23-17;/h5-8,12,18H,4,9-11H2,1-3H3,(H,19,22);1H. The molecule has 0 aliphatic rings. The maximum atomic E-state index is 12.4. The van der Waals surface area contributed by atoms with Gasteiger partial charge >= 0.3 is 0 Å². The third-order valence-electron chi connectivity index (χ3n) is 3.37. The third-order valence-corrected chi connectivity index (χ3v) is 3.37. The van der Waals surface area contributed by atoms with E-state index in [1.54, 1.807) is 6.07 Å². The summed E-state index contributed by atoms with van der Waals surface area (Å²) >= 11 is 0. The second kappa shape index (κ2) is 10.1. The molecule has 0 saturated heterocycles. The molecule has 2 aromatic rings. The van der Waals surface area contributed by atoms with Gasteiger partial charge in [0.1, 0.15) is 0 Å². The van der Waals surface area contributed by atoms with Crippen molar-refractivity contribution in [2.75, 3.05) is 19.6 Å². The third kappa shape index (κ3) is 5.32. The first-order valence-electron chi connectivity index (χ1n) is 8.05. The summed E-state index contributed by atoms with van der Waals surface area (Å²) in [5.74, 6) is 1.06. The summed E-state index contributed by atoms with van der Waals surface area (Å²) in [7, 11) is 0. The topological polar surface area (TPSA) is 80.0 Å². The van der Waals surface area contributed by atoms with Gasteiger partial charge in [-0.2, -0.15) is 4.98 Å². The molecule has 24 heavy (non-hydrogen) atoms. The Balaban J connectivity index is 0.00000288. The van der Waals surface area contributed by atoms with Crippen LogP contribution in [0.5, 0.6) is 0 Å². The van der Waals surface area contributed by atoms with E-state index in [2.05, 4.69) is 27.7 Å². The maximum absolute atomic E-state index is 12.4. The zero-order valence-electron chi connectivity index (χ0n) is 14.3. The molecule has 0 bridgehead atoms. The number of rotatable bonds is 8. The van der Waals surface area contributed by atoms with Gasteiger partial charge in [-0.3, -0.25) is 4.79 Å². The number of hydrogen-bond acceptors (Lipinski definition) is 5. The lowest BCUT2D eigenvalue weighted by atomic mass is 10.1. The summed E-state index contributed by atoms with van der Waals surface area (Å²) in [6.07, 6.45) is 1.08. The average molecular weight is 353 g/mol. The number of carbonyl (C=O) groups is 1. The van der Waals surface area contributed by atoms with E-state index in [0.29, 0.717) is 29.4 Å². The molecule has 2 rings (SSSR count). The summed E-state index contributed by atoms with van der Waals surface area (Å²) in [6.45, 7) is 8.38. The number of nitrogens with zero attached hydrogens (tertiary/aromatic N) is 2. The van der Waals surface area contributed by atoms with Gasteiger partial charge in [0.25, 0.3) is 11.8 Å². The first-order chi connectivity index (χ1) is 11.1. The Morgan fingerprint density at radius 3 is 2.62 bits per heavy atom. The molecule has 2 N–H and O–H groups in total. The van der Waals surface area contributed by atoms with E-state index in [1.807, 2.05) is 32.0 Å². The molecule has 1 amide bonds. The second-order valence-electron chi connectivity index (χ2n) is 5.66. The number of carbonyl (C=O) groups excluding carboxylic acids is 1. The van der Waals surface area contributed by atoms with Gasteiger partial charge < -0.3 is 15.2 Å². The molecule has 6 nitrogen and oxygen atoms in total. The highest BCUT2D eigenvalue weighted by atomic mass is 35.5. The lowest BCUT2D eigenvalue weighted by molar-refractivity contribution is 0.0954. The Labute approximate surface area is 148 Å². The smallest absolute Gasteiger partial charge is 0.258 e. The van der Waals surface area contributed by atoms with Crippen LogP contribution in [0.15, 0.2) is 28.8 Å². The zero-order chi connectivity index (χ0) is 16.7. The minimum Gasteiger partial charge on any atom is -0.351 e. The van der Waals surface area contributed by atoms with Crippen molar-refractivity contribution in [2.45, 2.75) is 33.1 Å². The van der Waals surface area contributed by atoms with E-state index in [1.165, 1.54) is 0 Å². The molecule has 1 aromatic carbocycles. The normalized spacial score (nSPS) is 10.5. The molecule has 132 valence electrons. The number of benzene rings is 1. The van der Waals surface area contributed by atoms with Gasteiger partial charge in [0.15, 0.2) is 5.82 Å². The van der Waals surface area contributed by atoms with Crippen molar-refractivity contribution in [1.29, 1.82) is 0 Å². The van der Waals surface area contributed by atoms with Crippen molar-refractivity contribution in [3.63, 3.8) is 0 Å². The summed E-state index contributed by atoms with van der Waals surface area (Å²) in [5, 5.41) is 10.1. The first kappa shape index (κ1) is 20.1. The Bertz CT molecular complexity index is 643. The fraction of sp³-hybridized carbons (Fsp3) is 0.471. The number of halogens is 1. The molecule has 0 atom stereocenters. The van der Waals surface area contributed by atoms with Gasteiger partial charge in [-0.15, -0.1) is 12.4 Å². The fourth-order valence-corrected chi connectivity index (χ4v) is 2.11. The van der Waals surface area contributed by atoms with Gasteiger partial charge in [-0.1, -0.05) is 38.1 Å². The molecule has 0 aliphatic heterocycles. The predicted octanol–water partition coefficient (Wildman–Crippen LogP) is 3.01. The predicted molar refractivity (Wildman–Crippen MR) is 96.6 cm³/mol. The minimum absolute atomic E-state index is 0. The van der Waals surface area contributed by atoms with Gasteiger partial charge in [0.05, 0.1) is 11.1 Å². The summed E-state index contributed by atoms with van der Waals surface area (Å²) < 4.78 is 5.31. The Hall–Kier alpha value is -1.92. The van der Waals surface area contributed by atoms with Crippen molar-refractivity contribution >= 4 is 18.3 Å². The Kier molecular flexibility index (Phi) is 8.43. The molecule has 0 spiro atoms. The second-order valence-corrected chi connectivity index (χ2v) is 5.66. The molecule has 0 fully saturated rings. The van der Waals surface area contributed by atoms with Crippen LogP contribution in [-0.2, 0) is 0 Å². The monoisotopic (exact) mass is 352 g/mol. The molecule has 0 saturated carbocycles. The van der Waals surface area contributed by atoms with E-state index in [4.69, 9.17) is 4.52 Å². The molecule has 1 aromatic heterocycles. The van der Waals surface area contributed by atoms with Crippen LogP contribution < -0.4 is 10.6 Å². The average Bonchev–Trinajstić information content (AvgIpc) is 3.04. The molecule has 0 unspecified atom stereocenters. The molecule has 7 heteroatoms. The molecular weight excluding hydrogens is 328 g/mol. The van der Waals surface area contributed by atoms with Crippen molar-refractivity contribution in [2.24, 2.45) is 0 Å². The summed E-state index contributed by atoms with van der Waals surface area (Å²) in [6, 6.07) is 7.27. The van der Waals surface area contributed by atoms with E-state index in [9.17, 15) is 4.79 Å². The van der Waals surface area contributed by atoms with Crippen LogP contribution in [0, 0.1) is 0 Å². The van der Waals surface area contributed by atoms with Gasteiger partial charge in [-0.25, -0.2) is 0 Å². The maximum Gasteiger partial charge on any atom is 0.258 e. The van der Waals surface area contributed by atoms with Crippen molar-refractivity contribution in [1.82, 2.24) is 20.8 Å². The highest BCUT2D eigenvalue weighted by molar-refractivity contribution is 5.99. The SMILES string of the molecule is CCCNCCNC(=O)c1ccccc1-c1nc(C(C)C)no1.Cl. The first-order valence-corrected chi connectivity index (χ1v) is 8.05. The fourth-order valence-electron chi connectivity index (χ4n) is 2.11. The Morgan fingerprint density at radius 2 is 1.96 bits per heavy atom. The van der Waals surface area contributed by atoms with Crippen molar-refractivity contribution in [3.8, 4) is 11.5 Å². The number of nitrogens with one attached hydrogen (secondary N) is 2. The van der Waals surface area contributed by atoms with E-state index in [0.717, 1.165) is 19.5 Å². The van der Waals surface area contributed by atoms with Gasteiger partial charge in [0, 0.05) is 19.0 Å². The van der Waals surface area contributed by atoms with Crippen LogP contribution in [0.25, 0.3) is 11.5 Å². The van der Waals surface area contributed by atoms with Crippen LogP contribution in [0.4, 0.5) is 0 Å². The largest absolute Gasteiger partial charge is 0.351 e. The van der Waals surface area contributed by atoms with Crippen LogP contribution in [0.1, 0.15) is 49.3 Å². The molecule has 1 heterocycles. The van der Waals surface area contributed by atoms with E-state index < -0.39 is 0 Å². The highest BCUT2D eigenvalue weighted by Crippen LogP contribution is 2.23. The van der Waals surface area contributed by atoms with Crippen LogP contribution in [0.3, 0.4) is 0 Å². The van der Waals surface area contributed by atoms with Gasteiger partial charge in [0.2, 0.25) is 0 Å². The lowest BCUT2D eigenvalue weighted by Gasteiger charge is -2.08. The summed E-state index contributed by atoms with van der Waals surface area (Å²) in [4.78, 5) is 16.8. The number of hydrogen-bond donors (Lipinski definition) is 2. The molecular formula is C17H25ClN4O2. The summed E-state index contributed by atoms with van der Waals surface area (Å²) in [5.41, 5.74) is 1.20. The molecule has 0 aliphatic carbocycles. The van der Waals surface area contributed by atoms with Crippen LogP contribution in [0.2, 0.25) is 0 Å². The lowest BCUT2D eigenvalue weighted by Crippen LogP contribution is -2.32. The Morgan fingerprint density at radius 1 is 1.21 bits per heavy atom. The minimum atomic E-state index is -0.136.